The first-order valence-electron chi connectivity index (χ1n) is 5.81. The Kier molecular flexibility index (Phi) is 6.08. The SMILES string of the molecule is CCNC(=O)CCSc1cccc(C(C)O)c1. The van der Waals surface area contributed by atoms with Gasteiger partial charge in [-0.05, 0) is 31.5 Å². The van der Waals surface area contributed by atoms with Gasteiger partial charge in [0.25, 0.3) is 0 Å². The Balaban J connectivity index is 2.41. The Labute approximate surface area is 107 Å². The van der Waals surface area contributed by atoms with Crippen LogP contribution in [0.4, 0.5) is 0 Å². The summed E-state index contributed by atoms with van der Waals surface area (Å²) < 4.78 is 0. The van der Waals surface area contributed by atoms with Crippen molar-refractivity contribution in [2.24, 2.45) is 0 Å². The van der Waals surface area contributed by atoms with Crippen molar-refractivity contribution in [3.05, 3.63) is 29.8 Å². The summed E-state index contributed by atoms with van der Waals surface area (Å²) in [6, 6.07) is 7.79. The second-order valence-corrected chi connectivity index (χ2v) is 4.97. The van der Waals surface area contributed by atoms with E-state index in [1.54, 1.807) is 18.7 Å². The summed E-state index contributed by atoms with van der Waals surface area (Å²) in [5.74, 6) is 0.849. The number of aliphatic hydroxyl groups is 1. The number of aliphatic hydroxyl groups excluding tert-OH is 1. The van der Waals surface area contributed by atoms with Crippen LogP contribution in [0.5, 0.6) is 0 Å². The predicted molar refractivity (Wildman–Crippen MR) is 71.1 cm³/mol. The van der Waals surface area contributed by atoms with Crippen LogP contribution in [0.25, 0.3) is 0 Å². The second-order valence-electron chi connectivity index (χ2n) is 3.80. The molecule has 4 heteroatoms. The number of benzene rings is 1. The topological polar surface area (TPSA) is 49.3 Å². The van der Waals surface area contributed by atoms with Gasteiger partial charge in [0.2, 0.25) is 5.91 Å². The Morgan fingerprint density at radius 1 is 1.53 bits per heavy atom. The lowest BCUT2D eigenvalue weighted by atomic mass is 10.1. The number of rotatable bonds is 6. The molecule has 0 aliphatic carbocycles. The van der Waals surface area contributed by atoms with Gasteiger partial charge in [0.15, 0.2) is 0 Å². The molecule has 94 valence electrons. The number of hydrogen-bond acceptors (Lipinski definition) is 3. The minimum Gasteiger partial charge on any atom is -0.389 e. The van der Waals surface area contributed by atoms with E-state index in [1.165, 1.54) is 0 Å². The second kappa shape index (κ2) is 7.35. The van der Waals surface area contributed by atoms with Crippen LogP contribution in [0.15, 0.2) is 29.2 Å². The molecule has 0 heterocycles. The molecule has 1 aromatic rings. The predicted octanol–water partition coefficient (Wildman–Crippen LogP) is 2.36. The summed E-state index contributed by atoms with van der Waals surface area (Å²) in [5.41, 5.74) is 0.910. The third-order valence-electron chi connectivity index (χ3n) is 2.31. The Bertz CT molecular complexity index is 366. The van der Waals surface area contributed by atoms with Crippen LogP contribution in [0.2, 0.25) is 0 Å². The van der Waals surface area contributed by atoms with E-state index < -0.39 is 6.10 Å². The highest BCUT2D eigenvalue weighted by Gasteiger charge is 2.03. The van der Waals surface area contributed by atoms with Crippen LogP contribution in [-0.2, 0) is 4.79 Å². The zero-order valence-electron chi connectivity index (χ0n) is 10.3. The average Bonchev–Trinajstić information content (AvgIpc) is 2.30. The third-order valence-corrected chi connectivity index (χ3v) is 3.31. The lowest BCUT2D eigenvalue weighted by Crippen LogP contribution is -2.22. The van der Waals surface area contributed by atoms with Crippen molar-refractivity contribution < 1.29 is 9.90 Å². The molecule has 17 heavy (non-hydrogen) atoms. The quantitative estimate of drug-likeness (QED) is 0.765. The van der Waals surface area contributed by atoms with Crippen molar-refractivity contribution in [1.82, 2.24) is 5.32 Å². The van der Waals surface area contributed by atoms with E-state index in [9.17, 15) is 9.90 Å². The molecular formula is C13H19NO2S. The standard InChI is InChI=1S/C13H19NO2S/c1-3-14-13(16)7-8-17-12-6-4-5-11(9-12)10(2)15/h4-6,9-10,15H,3,7-8H2,1-2H3,(H,14,16). The number of thioether (sulfide) groups is 1. The Hall–Kier alpha value is -1.00. The molecule has 0 aliphatic rings. The summed E-state index contributed by atoms with van der Waals surface area (Å²) in [4.78, 5) is 12.3. The van der Waals surface area contributed by atoms with Gasteiger partial charge in [-0.3, -0.25) is 4.79 Å². The summed E-state index contributed by atoms with van der Waals surface area (Å²) in [6.07, 6.45) is 0.0798. The fourth-order valence-electron chi connectivity index (χ4n) is 1.41. The van der Waals surface area contributed by atoms with Gasteiger partial charge >= 0.3 is 0 Å². The Morgan fingerprint density at radius 2 is 2.29 bits per heavy atom. The Morgan fingerprint density at radius 3 is 2.94 bits per heavy atom. The maximum absolute atomic E-state index is 11.2. The van der Waals surface area contributed by atoms with Crippen LogP contribution in [-0.4, -0.2) is 23.3 Å². The van der Waals surface area contributed by atoms with Crippen LogP contribution in [0.1, 0.15) is 31.9 Å². The van der Waals surface area contributed by atoms with Crippen LogP contribution in [0.3, 0.4) is 0 Å². The van der Waals surface area contributed by atoms with E-state index >= 15 is 0 Å². The molecule has 0 radical (unpaired) electrons. The molecule has 0 aromatic heterocycles. The van der Waals surface area contributed by atoms with Gasteiger partial charge in [-0.25, -0.2) is 0 Å². The van der Waals surface area contributed by atoms with Gasteiger partial charge in [0.05, 0.1) is 6.10 Å². The lowest BCUT2D eigenvalue weighted by molar-refractivity contribution is -0.120. The molecular weight excluding hydrogens is 234 g/mol. The van der Waals surface area contributed by atoms with E-state index in [0.717, 1.165) is 16.2 Å². The van der Waals surface area contributed by atoms with Crippen molar-refractivity contribution in [3.8, 4) is 0 Å². The molecule has 3 nitrogen and oxygen atoms in total. The van der Waals surface area contributed by atoms with Gasteiger partial charge in [-0.1, -0.05) is 12.1 Å². The molecule has 1 unspecified atom stereocenters. The van der Waals surface area contributed by atoms with Gasteiger partial charge in [-0.2, -0.15) is 0 Å². The maximum atomic E-state index is 11.2. The van der Waals surface area contributed by atoms with E-state index in [1.807, 2.05) is 31.2 Å². The molecule has 0 saturated heterocycles. The van der Waals surface area contributed by atoms with Crippen molar-refractivity contribution in [1.29, 1.82) is 0 Å². The average molecular weight is 253 g/mol. The maximum Gasteiger partial charge on any atom is 0.220 e. The van der Waals surface area contributed by atoms with Crippen molar-refractivity contribution in [2.45, 2.75) is 31.3 Å². The largest absolute Gasteiger partial charge is 0.389 e. The fourth-order valence-corrected chi connectivity index (χ4v) is 2.33. The molecule has 2 N–H and O–H groups in total. The van der Waals surface area contributed by atoms with E-state index in [4.69, 9.17) is 0 Å². The first-order valence-corrected chi connectivity index (χ1v) is 6.79. The van der Waals surface area contributed by atoms with Gasteiger partial charge in [-0.15, -0.1) is 11.8 Å². The number of carbonyl (C=O) groups excluding carboxylic acids is 1. The van der Waals surface area contributed by atoms with Crippen LogP contribution >= 0.6 is 11.8 Å². The first kappa shape index (κ1) is 14.1. The summed E-state index contributed by atoms with van der Waals surface area (Å²) >= 11 is 1.63. The third kappa shape index (κ3) is 5.24. The number of hydrogen-bond donors (Lipinski definition) is 2. The molecule has 0 spiro atoms. The summed E-state index contributed by atoms with van der Waals surface area (Å²) in [6.45, 7) is 4.34. The molecule has 1 amide bonds. The van der Waals surface area contributed by atoms with Gasteiger partial charge in [0.1, 0.15) is 0 Å². The van der Waals surface area contributed by atoms with E-state index in [0.29, 0.717) is 13.0 Å². The highest BCUT2D eigenvalue weighted by Crippen LogP contribution is 2.22. The van der Waals surface area contributed by atoms with Crippen LogP contribution in [0, 0.1) is 0 Å². The molecule has 1 aromatic carbocycles. The number of nitrogens with one attached hydrogen (secondary N) is 1. The van der Waals surface area contributed by atoms with Crippen molar-refractivity contribution in [2.75, 3.05) is 12.3 Å². The molecule has 0 aliphatic heterocycles. The first-order chi connectivity index (χ1) is 8.13. The van der Waals surface area contributed by atoms with Gasteiger partial charge in [0, 0.05) is 23.6 Å². The zero-order valence-corrected chi connectivity index (χ0v) is 11.1. The summed E-state index contributed by atoms with van der Waals surface area (Å²) in [5, 5.41) is 12.2. The normalized spacial score (nSPS) is 12.2. The fraction of sp³-hybridized carbons (Fsp3) is 0.462. The minimum atomic E-state index is -0.445. The van der Waals surface area contributed by atoms with Crippen molar-refractivity contribution >= 4 is 17.7 Å². The molecule has 0 fully saturated rings. The highest BCUT2D eigenvalue weighted by molar-refractivity contribution is 7.99. The molecule has 1 rings (SSSR count). The van der Waals surface area contributed by atoms with Crippen LogP contribution < -0.4 is 5.32 Å². The minimum absolute atomic E-state index is 0.0895. The number of carbonyl (C=O) groups is 1. The van der Waals surface area contributed by atoms with E-state index in [-0.39, 0.29) is 5.91 Å². The summed E-state index contributed by atoms with van der Waals surface area (Å²) in [7, 11) is 0. The molecule has 0 bridgehead atoms. The smallest absolute Gasteiger partial charge is 0.220 e. The van der Waals surface area contributed by atoms with E-state index in [2.05, 4.69) is 5.32 Å². The monoisotopic (exact) mass is 253 g/mol. The zero-order chi connectivity index (χ0) is 12.7. The number of amides is 1. The molecule has 0 saturated carbocycles. The lowest BCUT2D eigenvalue weighted by Gasteiger charge is -2.07. The molecule has 1 atom stereocenters. The highest BCUT2D eigenvalue weighted by atomic mass is 32.2. The van der Waals surface area contributed by atoms with Gasteiger partial charge < -0.3 is 10.4 Å². The van der Waals surface area contributed by atoms with Crippen molar-refractivity contribution in [3.63, 3.8) is 0 Å².